The van der Waals surface area contributed by atoms with Crippen LogP contribution in [0, 0.1) is 5.41 Å². The third-order valence-corrected chi connectivity index (χ3v) is 3.02. The Bertz CT molecular complexity index is 374. The van der Waals surface area contributed by atoms with Gasteiger partial charge in [-0.15, -0.1) is 0 Å². The molecule has 108 valence electrons. The Morgan fingerprint density at radius 3 is 2.53 bits per heavy atom. The molecule has 1 fully saturated rings. The molecule has 1 aliphatic rings. The lowest BCUT2D eigenvalue weighted by atomic mass is 9.95. The highest BCUT2D eigenvalue weighted by Gasteiger charge is 2.28. The van der Waals surface area contributed by atoms with Crippen LogP contribution in [-0.2, 0) is 14.4 Å². The average molecular weight is 269 g/mol. The molecule has 0 aromatic rings. The van der Waals surface area contributed by atoms with Crippen LogP contribution in [-0.4, -0.2) is 48.3 Å². The van der Waals surface area contributed by atoms with Crippen molar-refractivity contribution in [2.45, 2.75) is 40.2 Å². The maximum atomic E-state index is 12.2. The van der Waals surface area contributed by atoms with Crippen molar-refractivity contribution in [3.05, 3.63) is 0 Å². The fourth-order valence-electron chi connectivity index (χ4n) is 1.74. The molecule has 0 bridgehead atoms. The number of nitrogens with zero attached hydrogens (tertiary/aromatic N) is 1. The van der Waals surface area contributed by atoms with E-state index in [2.05, 4.69) is 10.6 Å². The van der Waals surface area contributed by atoms with Crippen LogP contribution in [0.25, 0.3) is 0 Å². The molecular formula is C13H23N3O3. The number of carbonyl (C=O) groups is 3. The number of carbonyl (C=O) groups excluding carboxylic acids is 3. The molecule has 2 N–H and O–H groups in total. The van der Waals surface area contributed by atoms with E-state index >= 15 is 0 Å². The van der Waals surface area contributed by atoms with Crippen molar-refractivity contribution in [1.29, 1.82) is 0 Å². The first-order chi connectivity index (χ1) is 8.71. The monoisotopic (exact) mass is 269 g/mol. The fourth-order valence-corrected chi connectivity index (χ4v) is 1.74. The molecule has 1 aliphatic heterocycles. The van der Waals surface area contributed by atoms with Gasteiger partial charge in [0.25, 0.3) is 0 Å². The second-order valence-electron chi connectivity index (χ2n) is 5.87. The lowest BCUT2D eigenvalue weighted by Gasteiger charge is -2.26. The van der Waals surface area contributed by atoms with Gasteiger partial charge in [0, 0.05) is 31.5 Å². The number of amides is 3. The van der Waals surface area contributed by atoms with E-state index in [9.17, 15) is 14.4 Å². The van der Waals surface area contributed by atoms with Crippen LogP contribution < -0.4 is 10.6 Å². The van der Waals surface area contributed by atoms with Gasteiger partial charge in [0.15, 0.2) is 0 Å². The summed E-state index contributed by atoms with van der Waals surface area (Å²) in [6.07, 6.45) is 0.311. The molecule has 0 aromatic heterocycles. The van der Waals surface area contributed by atoms with E-state index in [1.54, 1.807) is 32.6 Å². The summed E-state index contributed by atoms with van der Waals surface area (Å²) in [5, 5.41) is 5.43. The van der Waals surface area contributed by atoms with Crippen LogP contribution in [0.15, 0.2) is 0 Å². The largest absolute Gasteiger partial charge is 0.354 e. The molecule has 6 nitrogen and oxygen atoms in total. The van der Waals surface area contributed by atoms with E-state index < -0.39 is 11.5 Å². The van der Waals surface area contributed by atoms with Crippen LogP contribution in [0.3, 0.4) is 0 Å². The second kappa shape index (κ2) is 6.04. The number of nitrogens with one attached hydrogen (secondary N) is 2. The van der Waals surface area contributed by atoms with Gasteiger partial charge in [0.05, 0.1) is 0 Å². The van der Waals surface area contributed by atoms with Gasteiger partial charge < -0.3 is 15.5 Å². The van der Waals surface area contributed by atoms with E-state index in [4.69, 9.17) is 0 Å². The highest BCUT2D eigenvalue weighted by atomic mass is 16.2. The second-order valence-corrected chi connectivity index (χ2v) is 5.87. The Labute approximate surface area is 113 Å². The summed E-state index contributed by atoms with van der Waals surface area (Å²) in [6, 6.07) is -0.570. The number of hydrogen-bond donors (Lipinski definition) is 2. The molecule has 0 saturated carbocycles. The molecule has 1 heterocycles. The predicted molar refractivity (Wildman–Crippen MR) is 71.3 cm³/mol. The molecule has 3 amide bonds. The molecule has 1 atom stereocenters. The minimum atomic E-state index is -0.570. The lowest BCUT2D eigenvalue weighted by molar-refractivity contribution is -0.138. The van der Waals surface area contributed by atoms with Crippen molar-refractivity contribution < 1.29 is 14.4 Å². The van der Waals surface area contributed by atoms with E-state index in [-0.39, 0.29) is 17.7 Å². The molecule has 6 heteroatoms. The molecule has 1 saturated heterocycles. The summed E-state index contributed by atoms with van der Waals surface area (Å²) in [4.78, 5) is 36.9. The smallest absolute Gasteiger partial charge is 0.244 e. The van der Waals surface area contributed by atoms with Crippen molar-refractivity contribution in [1.82, 2.24) is 15.5 Å². The van der Waals surface area contributed by atoms with Gasteiger partial charge in [-0.2, -0.15) is 0 Å². The van der Waals surface area contributed by atoms with Crippen LogP contribution in [0.4, 0.5) is 0 Å². The first kappa shape index (κ1) is 15.5. The molecule has 1 unspecified atom stereocenters. The zero-order chi connectivity index (χ0) is 14.6. The standard InChI is InChI=1S/C13H23N3O3/c1-9(15-12(19)13(2,3)4)11(18)16-7-5-10(17)14-6-8-16/h9H,5-8H2,1-4H3,(H,14,17)(H,15,19). The highest BCUT2D eigenvalue weighted by Crippen LogP contribution is 2.13. The van der Waals surface area contributed by atoms with Crippen molar-refractivity contribution in [3.8, 4) is 0 Å². The summed E-state index contributed by atoms with van der Waals surface area (Å²) < 4.78 is 0. The van der Waals surface area contributed by atoms with Gasteiger partial charge in [-0.25, -0.2) is 0 Å². The maximum absolute atomic E-state index is 12.2. The minimum absolute atomic E-state index is 0.0401. The zero-order valence-corrected chi connectivity index (χ0v) is 12.1. The Kier molecular flexibility index (Phi) is 4.91. The highest BCUT2D eigenvalue weighted by molar-refractivity contribution is 5.89. The Morgan fingerprint density at radius 1 is 1.32 bits per heavy atom. The van der Waals surface area contributed by atoms with Gasteiger partial charge in [-0.3, -0.25) is 14.4 Å². The predicted octanol–water partition coefficient (Wildman–Crippen LogP) is -0.114. The quantitative estimate of drug-likeness (QED) is 0.734. The van der Waals surface area contributed by atoms with E-state index in [0.717, 1.165) is 0 Å². The lowest BCUT2D eigenvalue weighted by Crippen LogP contribution is -2.50. The van der Waals surface area contributed by atoms with Gasteiger partial charge >= 0.3 is 0 Å². The molecule has 0 spiro atoms. The summed E-state index contributed by atoms with van der Waals surface area (Å²) in [5.74, 6) is -0.340. The Balaban J connectivity index is 2.56. The minimum Gasteiger partial charge on any atom is -0.354 e. The average Bonchev–Trinajstić information content (AvgIpc) is 2.51. The van der Waals surface area contributed by atoms with E-state index in [1.807, 2.05) is 0 Å². The summed E-state index contributed by atoms with van der Waals surface area (Å²) in [7, 11) is 0. The summed E-state index contributed by atoms with van der Waals surface area (Å²) in [6.45, 7) is 8.42. The first-order valence-electron chi connectivity index (χ1n) is 6.58. The van der Waals surface area contributed by atoms with Crippen molar-refractivity contribution in [2.75, 3.05) is 19.6 Å². The van der Waals surface area contributed by atoms with Crippen LogP contribution >= 0.6 is 0 Å². The van der Waals surface area contributed by atoms with Gasteiger partial charge in [0.1, 0.15) is 6.04 Å². The zero-order valence-electron chi connectivity index (χ0n) is 12.1. The molecule has 19 heavy (non-hydrogen) atoms. The normalized spacial score (nSPS) is 18.3. The van der Waals surface area contributed by atoms with E-state index in [0.29, 0.717) is 26.1 Å². The number of rotatable bonds is 2. The SMILES string of the molecule is CC(NC(=O)C(C)(C)C)C(=O)N1CCNC(=O)CC1. The van der Waals surface area contributed by atoms with Crippen molar-refractivity contribution in [3.63, 3.8) is 0 Å². The first-order valence-corrected chi connectivity index (χ1v) is 6.58. The van der Waals surface area contributed by atoms with Crippen LogP contribution in [0.1, 0.15) is 34.1 Å². The molecule has 1 rings (SSSR count). The van der Waals surface area contributed by atoms with E-state index in [1.165, 1.54) is 0 Å². The van der Waals surface area contributed by atoms with Crippen molar-refractivity contribution >= 4 is 17.7 Å². The maximum Gasteiger partial charge on any atom is 0.244 e. The topological polar surface area (TPSA) is 78.5 Å². The molecule has 0 aromatic carbocycles. The van der Waals surface area contributed by atoms with Gasteiger partial charge in [0.2, 0.25) is 17.7 Å². The van der Waals surface area contributed by atoms with Gasteiger partial charge in [-0.1, -0.05) is 20.8 Å². The molecule has 0 aliphatic carbocycles. The Hall–Kier alpha value is -1.59. The molecule has 0 radical (unpaired) electrons. The van der Waals surface area contributed by atoms with Crippen LogP contribution in [0.5, 0.6) is 0 Å². The molecular weight excluding hydrogens is 246 g/mol. The van der Waals surface area contributed by atoms with Crippen LogP contribution in [0.2, 0.25) is 0 Å². The van der Waals surface area contributed by atoms with Crippen molar-refractivity contribution in [2.24, 2.45) is 5.41 Å². The Morgan fingerprint density at radius 2 is 1.95 bits per heavy atom. The van der Waals surface area contributed by atoms with Gasteiger partial charge in [-0.05, 0) is 6.92 Å². The third-order valence-electron chi connectivity index (χ3n) is 3.02. The summed E-state index contributed by atoms with van der Waals surface area (Å²) in [5.41, 5.74) is -0.523. The fraction of sp³-hybridized carbons (Fsp3) is 0.769. The summed E-state index contributed by atoms with van der Waals surface area (Å²) >= 11 is 0. The number of hydrogen-bond acceptors (Lipinski definition) is 3. The third kappa shape index (κ3) is 4.54.